The number of aromatic nitrogens is 2. The number of hydrogen-bond donors (Lipinski definition) is 0. The van der Waals surface area contributed by atoms with Crippen LogP contribution in [0.3, 0.4) is 0 Å². The second-order valence-corrected chi connectivity index (χ2v) is 3.41. The van der Waals surface area contributed by atoms with Gasteiger partial charge in [-0.2, -0.15) is 5.10 Å². The van der Waals surface area contributed by atoms with Crippen LogP contribution in [0.4, 0.5) is 0 Å². The number of aryl methyl sites for hydroxylation is 1. The van der Waals surface area contributed by atoms with E-state index in [-0.39, 0.29) is 5.78 Å². The second kappa shape index (κ2) is 3.85. The number of hydrogen-bond acceptors (Lipinski definition) is 2. The standard InChI is InChI=1S/C8H11BrN2O/c1-3-11-8(9)7(5-10-11)4-6(2)12/h5H,3-4H2,1-2H3. The van der Waals surface area contributed by atoms with Gasteiger partial charge in [0, 0.05) is 18.5 Å². The zero-order valence-electron chi connectivity index (χ0n) is 7.17. The summed E-state index contributed by atoms with van der Waals surface area (Å²) in [6, 6.07) is 0. The van der Waals surface area contributed by atoms with Crippen molar-refractivity contribution < 1.29 is 4.79 Å². The zero-order chi connectivity index (χ0) is 9.14. The minimum absolute atomic E-state index is 0.159. The molecule has 0 amide bonds. The van der Waals surface area contributed by atoms with E-state index in [4.69, 9.17) is 0 Å². The molecule has 0 saturated heterocycles. The number of Topliss-reactive ketones (excluding diaryl/α,β-unsaturated/α-hetero) is 1. The van der Waals surface area contributed by atoms with Gasteiger partial charge in [-0.15, -0.1) is 0 Å². The first-order valence-electron chi connectivity index (χ1n) is 3.84. The van der Waals surface area contributed by atoms with Crippen molar-refractivity contribution in [1.82, 2.24) is 9.78 Å². The maximum absolute atomic E-state index is 10.8. The zero-order valence-corrected chi connectivity index (χ0v) is 8.76. The molecule has 0 saturated carbocycles. The summed E-state index contributed by atoms with van der Waals surface area (Å²) in [4.78, 5) is 10.8. The van der Waals surface area contributed by atoms with Crippen LogP contribution < -0.4 is 0 Å². The molecule has 1 heterocycles. The number of rotatable bonds is 3. The molecule has 0 unspecified atom stereocenters. The van der Waals surface area contributed by atoms with E-state index in [1.54, 1.807) is 13.1 Å². The number of carbonyl (C=O) groups excluding carboxylic acids is 1. The lowest BCUT2D eigenvalue weighted by atomic mass is 10.2. The Labute approximate surface area is 79.9 Å². The minimum atomic E-state index is 0.159. The molecule has 4 heteroatoms. The molecule has 0 bridgehead atoms. The number of ketones is 1. The number of carbonyl (C=O) groups is 1. The van der Waals surface area contributed by atoms with Crippen molar-refractivity contribution in [3.63, 3.8) is 0 Å². The van der Waals surface area contributed by atoms with Gasteiger partial charge in [0.25, 0.3) is 0 Å². The molecule has 1 rings (SSSR count). The highest BCUT2D eigenvalue weighted by Crippen LogP contribution is 2.16. The van der Waals surface area contributed by atoms with Crippen LogP contribution in [-0.4, -0.2) is 15.6 Å². The van der Waals surface area contributed by atoms with Gasteiger partial charge in [-0.05, 0) is 29.8 Å². The van der Waals surface area contributed by atoms with Crippen LogP contribution in [0.5, 0.6) is 0 Å². The van der Waals surface area contributed by atoms with Crippen LogP contribution in [0.1, 0.15) is 19.4 Å². The van der Waals surface area contributed by atoms with Gasteiger partial charge in [-0.3, -0.25) is 9.48 Å². The lowest BCUT2D eigenvalue weighted by Gasteiger charge is -1.97. The summed E-state index contributed by atoms with van der Waals surface area (Å²) < 4.78 is 2.73. The first kappa shape index (κ1) is 9.45. The Morgan fingerprint density at radius 3 is 2.83 bits per heavy atom. The lowest BCUT2D eigenvalue weighted by molar-refractivity contribution is -0.116. The smallest absolute Gasteiger partial charge is 0.134 e. The van der Waals surface area contributed by atoms with Crippen LogP contribution in [0.15, 0.2) is 10.8 Å². The lowest BCUT2D eigenvalue weighted by Crippen LogP contribution is -1.98. The van der Waals surface area contributed by atoms with Crippen LogP contribution in [0.2, 0.25) is 0 Å². The van der Waals surface area contributed by atoms with Crippen molar-refractivity contribution in [3.05, 3.63) is 16.4 Å². The predicted octanol–water partition coefficient (Wildman–Crippen LogP) is 1.80. The van der Waals surface area contributed by atoms with Crippen LogP contribution in [0.25, 0.3) is 0 Å². The average Bonchev–Trinajstić information content (AvgIpc) is 2.32. The normalized spacial score (nSPS) is 10.2. The van der Waals surface area contributed by atoms with Crippen molar-refractivity contribution in [2.24, 2.45) is 0 Å². The molecule has 1 aromatic heterocycles. The first-order valence-corrected chi connectivity index (χ1v) is 4.64. The molecule has 0 radical (unpaired) electrons. The molecular formula is C8H11BrN2O. The third-order valence-electron chi connectivity index (χ3n) is 1.58. The molecule has 0 N–H and O–H groups in total. The second-order valence-electron chi connectivity index (χ2n) is 2.66. The minimum Gasteiger partial charge on any atom is -0.300 e. The molecular weight excluding hydrogens is 220 g/mol. The summed E-state index contributed by atoms with van der Waals surface area (Å²) in [5, 5.41) is 4.10. The van der Waals surface area contributed by atoms with Crippen molar-refractivity contribution in [1.29, 1.82) is 0 Å². The van der Waals surface area contributed by atoms with Gasteiger partial charge in [0.1, 0.15) is 10.4 Å². The van der Waals surface area contributed by atoms with E-state index < -0.39 is 0 Å². The Morgan fingerprint density at radius 2 is 2.42 bits per heavy atom. The predicted molar refractivity (Wildman–Crippen MR) is 50.0 cm³/mol. The van der Waals surface area contributed by atoms with E-state index in [1.807, 2.05) is 11.6 Å². The van der Waals surface area contributed by atoms with Crippen LogP contribution in [-0.2, 0) is 17.8 Å². The topological polar surface area (TPSA) is 34.9 Å². The Morgan fingerprint density at radius 1 is 1.75 bits per heavy atom. The summed E-state index contributed by atoms with van der Waals surface area (Å²) in [7, 11) is 0. The molecule has 0 aromatic carbocycles. The Hall–Kier alpha value is -0.640. The molecule has 0 spiro atoms. The SMILES string of the molecule is CCn1ncc(CC(C)=O)c1Br. The summed E-state index contributed by atoms with van der Waals surface area (Å²) >= 11 is 3.39. The van der Waals surface area contributed by atoms with E-state index >= 15 is 0 Å². The van der Waals surface area contributed by atoms with Gasteiger partial charge in [0.05, 0.1) is 6.20 Å². The molecule has 0 atom stereocenters. The largest absolute Gasteiger partial charge is 0.300 e. The molecule has 12 heavy (non-hydrogen) atoms. The quantitative estimate of drug-likeness (QED) is 0.794. The summed E-state index contributed by atoms with van der Waals surface area (Å²) in [6.07, 6.45) is 2.19. The third-order valence-corrected chi connectivity index (χ3v) is 2.50. The fraction of sp³-hybridized carbons (Fsp3) is 0.500. The van der Waals surface area contributed by atoms with Gasteiger partial charge in [-0.1, -0.05) is 0 Å². The van der Waals surface area contributed by atoms with Crippen molar-refractivity contribution in [3.8, 4) is 0 Å². The van der Waals surface area contributed by atoms with Gasteiger partial charge in [0.15, 0.2) is 0 Å². The van der Waals surface area contributed by atoms with E-state index in [1.165, 1.54) is 0 Å². The third kappa shape index (κ3) is 1.94. The molecule has 1 aromatic rings. The Bertz CT molecular complexity index is 293. The molecule has 3 nitrogen and oxygen atoms in total. The highest BCUT2D eigenvalue weighted by Gasteiger charge is 2.07. The highest BCUT2D eigenvalue weighted by molar-refractivity contribution is 9.10. The van der Waals surface area contributed by atoms with E-state index in [0.29, 0.717) is 6.42 Å². The molecule has 0 aliphatic rings. The maximum Gasteiger partial charge on any atom is 0.134 e. The Kier molecular flexibility index (Phi) is 3.03. The van der Waals surface area contributed by atoms with Gasteiger partial charge in [0.2, 0.25) is 0 Å². The number of halogens is 1. The summed E-state index contributed by atoms with van der Waals surface area (Å²) in [5.74, 6) is 0.159. The molecule has 0 aliphatic carbocycles. The van der Waals surface area contributed by atoms with Gasteiger partial charge in [-0.25, -0.2) is 0 Å². The van der Waals surface area contributed by atoms with Crippen LogP contribution in [0, 0.1) is 0 Å². The Balaban J connectivity index is 2.87. The molecule has 0 aliphatic heterocycles. The maximum atomic E-state index is 10.8. The highest BCUT2D eigenvalue weighted by atomic mass is 79.9. The van der Waals surface area contributed by atoms with Gasteiger partial charge >= 0.3 is 0 Å². The van der Waals surface area contributed by atoms with Gasteiger partial charge < -0.3 is 0 Å². The fourth-order valence-electron chi connectivity index (χ4n) is 1.02. The monoisotopic (exact) mass is 230 g/mol. The van der Waals surface area contributed by atoms with Crippen LogP contribution >= 0.6 is 15.9 Å². The van der Waals surface area contributed by atoms with E-state index in [9.17, 15) is 4.79 Å². The molecule has 66 valence electrons. The summed E-state index contributed by atoms with van der Waals surface area (Å²) in [5.41, 5.74) is 0.962. The fourth-order valence-corrected chi connectivity index (χ4v) is 1.60. The van der Waals surface area contributed by atoms with Crippen molar-refractivity contribution in [2.75, 3.05) is 0 Å². The van der Waals surface area contributed by atoms with E-state index in [0.717, 1.165) is 16.7 Å². The number of nitrogens with zero attached hydrogens (tertiary/aromatic N) is 2. The summed E-state index contributed by atoms with van der Waals surface area (Å²) in [6.45, 7) is 4.41. The van der Waals surface area contributed by atoms with Crippen molar-refractivity contribution >= 4 is 21.7 Å². The van der Waals surface area contributed by atoms with E-state index in [2.05, 4.69) is 21.0 Å². The average molecular weight is 231 g/mol. The van der Waals surface area contributed by atoms with Crippen molar-refractivity contribution in [2.45, 2.75) is 26.8 Å². The first-order chi connectivity index (χ1) is 5.65. The molecule has 0 fully saturated rings.